The first kappa shape index (κ1) is 17.3. The zero-order valence-electron chi connectivity index (χ0n) is 14.8. The molecule has 1 saturated heterocycles. The maximum Gasteiger partial charge on any atom is 0.411 e. The fraction of sp³-hybridized carbons (Fsp3) is 0.286. The molecular formula is C21H20N2O4. The molecular weight excluding hydrogens is 344 g/mol. The topological polar surface area (TPSA) is 66.9 Å². The molecule has 0 saturated carbocycles. The van der Waals surface area contributed by atoms with E-state index in [-0.39, 0.29) is 18.4 Å². The Morgan fingerprint density at radius 2 is 1.56 bits per heavy atom. The number of likely N-dealkylation sites (tertiary alicyclic amines) is 1. The van der Waals surface area contributed by atoms with Crippen molar-refractivity contribution in [3.8, 4) is 0 Å². The lowest BCUT2D eigenvalue weighted by molar-refractivity contribution is 0.0119. The van der Waals surface area contributed by atoms with E-state index in [1.807, 2.05) is 30.3 Å². The van der Waals surface area contributed by atoms with Crippen molar-refractivity contribution in [2.75, 3.05) is 6.54 Å². The molecule has 2 aliphatic rings. The molecule has 1 unspecified atom stereocenters. The van der Waals surface area contributed by atoms with Crippen molar-refractivity contribution in [2.45, 2.75) is 32.0 Å². The van der Waals surface area contributed by atoms with Gasteiger partial charge in [0.25, 0.3) is 11.8 Å². The molecule has 0 aromatic heterocycles. The summed E-state index contributed by atoms with van der Waals surface area (Å²) >= 11 is 0. The van der Waals surface area contributed by atoms with Gasteiger partial charge in [0, 0.05) is 6.54 Å². The molecule has 4 rings (SSSR count). The highest BCUT2D eigenvalue weighted by Crippen LogP contribution is 2.30. The summed E-state index contributed by atoms with van der Waals surface area (Å²) in [6, 6.07) is 16.2. The Kier molecular flexibility index (Phi) is 4.62. The number of ether oxygens (including phenoxy) is 1. The quantitative estimate of drug-likeness (QED) is 0.783. The number of carbonyl (C=O) groups excluding carboxylic acids is 3. The second-order valence-corrected chi connectivity index (χ2v) is 6.74. The highest BCUT2D eigenvalue weighted by Gasteiger charge is 2.44. The molecule has 2 aromatic rings. The molecule has 0 radical (unpaired) electrons. The van der Waals surface area contributed by atoms with Gasteiger partial charge in [-0.3, -0.25) is 19.4 Å². The Hall–Kier alpha value is -3.15. The molecule has 27 heavy (non-hydrogen) atoms. The Bertz CT molecular complexity index is 846. The van der Waals surface area contributed by atoms with Gasteiger partial charge in [-0.05, 0) is 37.0 Å². The third-order valence-electron chi connectivity index (χ3n) is 5.03. The predicted molar refractivity (Wildman–Crippen MR) is 97.9 cm³/mol. The molecule has 0 bridgehead atoms. The molecule has 6 heteroatoms. The summed E-state index contributed by atoms with van der Waals surface area (Å²) in [7, 11) is 0. The van der Waals surface area contributed by atoms with E-state index in [0.717, 1.165) is 18.4 Å². The number of imide groups is 1. The summed E-state index contributed by atoms with van der Waals surface area (Å²) in [6.45, 7) is 0.622. The van der Waals surface area contributed by atoms with Crippen LogP contribution in [0, 0.1) is 0 Å². The third-order valence-corrected chi connectivity index (χ3v) is 5.03. The van der Waals surface area contributed by atoms with Gasteiger partial charge in [0.05, 0.1) is 11.1 Å². The zero-order chi connectivity index (χ0) is 18.8. The van der Waals surface area contributed by atoms with Crippen LogP contribution in [0.25, 0.3) is 0 Å². The first-order chi connectivity index (χ1) is 13.2. The molecule has 0 spiro atoms. The third kappa shape index (κ3) is 3.18. The van der Waals surface area contributed by atoms with Crippen LogP contribution < -0.4 is 0 Å². The SMILES string of the molecule is O=C(OCc1ccccc1)N1CCCCC1N1C(=O)c2ccccc2C1=O. The smallest absolute Gasteiger partial charge is 0.411 e. The monoisotopic (exact) mass is 364 g/mol. The number of fused-ring (bicyclic) bond motifs is 1. The number of amides is 3. The Morgan fingerprint density at radius 1 is 0.926 bits per heavy atom. The lowest BCUT2D eigenvalue weighted by atomic mass is 10.1. The van der Waals surface area contributed by atoms with E-state index in [4.69, 9.17) is 4.74 Å². The number of piperidine rings is 1. The average molecular weight is 364 g/mol. The lowest BCUT2D eigenvalue weighted by Gasteiger charge is -2.39. The van der Waals surface area contributed by atoms with Crippen molar-refractivity contribution >= 4 is 17.9 Å². The van der Waals surface area contributed by atoms with Gasteiger partial charge >= 0.3 is 6.09 Å². The van der Waals surface area contributed by atoms with Crippen molar-refractivity contribution in [3.05, 3.63) is 71.3 Å². The van der Waals surface area contributed by atoms with E-state index in [1.54, 1.807) is 24.3 Å². The fourth-order valence-electron chi connectivity index (χ4n) is 3.68. The normalized spacial score (nSPS) is 19.2. The fourth-order valence-corrected chi connectivity index (χ4v) is 3.68. The molecule has 138 valence electrons. The minimum Gasteiger partial charge on any atom is -0.444 e. The van der Waals surface area contributed by atoms with Crippen LogP contribution in [-0.2, 0) is 11.3 Å². The molecule has 0 aliphatic carbocycles. The molecule has 0 N–H and O–H groups in total. The second-order valence-electron chi connectivity index (χ2n) is 6.74. The van der Waals surface area contributed by atoms with Gasteiger partial charge in [0.1, 0.15) is 12.8 Å². The van der Waals surface area contributed by atoms with E-state index < -0.39 is 12.3 Å². The van der Waals surface area contributed by atoms with E-state index in [2.05, 4.69) is 0 Å². The molecule has 2 aliphatic heterocycles. The summed E-state index contributed by atoms with van der Waals surface area (Å²) in [5.74, 6) is -0.688. The standard InChI is InChI=1S/C21H20N2O4/c24-19-16-10-4-5-11-17(16)20(25)23(19)18-12-6-7-13-22(18)21(26)27-14-15-8-2-1-3-9-15/h1-5,8-11,18H,6-7,12-14H2. The number of carbonyl (C=O) groups is 3. The summed E-state index contributed by atoms with van der Waals surface area (Å²) in [5.41, 5.74) is 1.68. The average Bonchev–Trinajstić information content (AvgIpc) is 2.97. The summed E-state index contributed by atoms with van der Waals surface area (Å²) in [6.07, 6.45) is 1.13. The number of nitrogens with zero attached hydrogens (tertiary/aromatic N) is 2. The molecule has 2 heterocycles. The Morgan fingerprint density at radius 3 is 2.22 bits per heavy atom. The first-order valence-electron chi connectivity index (χ1n) is 9.11. The first-order valence-corrected chi connectivity index (χ1v) is 9.11. The molecule has 3 amide bonds. The van der Waals surface area contributed by atoms with Gasteiger partial charge in [0.2, 0.25) is 0 Å². The van der Waals surface area contributed by atoms with E-state index >= 15 is 0 Å². The van der Waals surface area contributed by atoms with Crippen molar-refractivity contribution in [2.24, 2.45) is 0 Å². The van der Waals surface area contributed by atoms with Crippen molar-refractivity contribution in [3.63, 3.8) is 0 Å². The van der Waals surface area contributed by atoms with Crippen LogP contribution in [0.2, 0.25) is 0 Å². The molecule has 1 atom stereocenters. The summed E-state index contributed by atoms with van der Waals surface area (Å²) in [4.78, 5) is 41.0. The van der Waals surface area contributed by atoms with Crippen molar-refractivity contribution < 1.29 is 19.1 Å². The van der Waals surface area contributed by atoms with Gasteiger partial charge in [0.15, 0.2) is 0 Å². The number of rotatable bonds is 3. The molecule has 6 nitrogen and oxygen atoms in total. The van der Waals surface area contributed by atoms with Gasteiger partial charge in [-0.1, -0.05) is 42.5 Å². The van der Waals surface area contributed by atoms with E-state index in [0.29, 0.717) is 24.1 Å². The van der Waals surface area contributed by atoms with E-state index in [9.17, 15) is 14.4 Å². The van der Waals surface area contributed by atoms with Crippen LogP contribution in [-0.4, -0.2) is 40.4 Å². The maximum atomic E-state index is 12.8. The van der Waals surface area contributed by atoms with Gasteiger partial charge in [-0.15, -0.1) is 0 Å². The predicted octanol–water partition coefficient (Wildman–Crippen LogP) is 3.43. The largest absolute Gasteiger partial charge is 0.444 e. The highest BCUT2D eigenvalue weighted by atomic mass is 16.6. The van der Waals surface area contributed by atoms with Crippen molar-refractivity contribution in [1.29, 1.82) is 0 Å². The summed E-state index contributed by atoms with van der Waals surface area (Å²) < 4.78 is 5.44. The van der Waals surface area contributed by atoms with E-state index in [1.165, 1.54) is 9.80 Å². The van der Waals surface area contributed by atoms with Crippen LogP contribution in [0.4, 0.5) is 4.79 Å². The zero-order valence-corrected chi connectivity index (χ0v) is 14.8. The molecule has 2 aromatic carbocycles. The maximum absolute atomic E-state index is 12.8. The number of benzene rings is 2. The van der Waals surface area contributed by atoms with Crippen LogP contribution in [0.15, 0.2) is 54.6 Å². The Labute approximate surface area is 157 Å². The van der Waals surface area contributed by atoms with Gasteiger partial charge < -0.3 is 4.74 Å². The highest BCUT2D eigenvalue weighted by molar-refractivity contribution is 6.21. The Balaban J connectivity index is 1.52. The van der Waals surface area contributed by atoms with Gasteiger partial charge in [-0.25, -0.2) is 4.79 Å². The number of hydrogen-bond acceptors (Lipinski definition) is 4. The van der Waals surface area contributed by atoms with Crippen LogP contribution in [0.5, 0.6) is 0 Å². The van der Waals surface area contributed by atoms with Crippen molar-refractivity contribution in [1.82, 2.24) is 9.80 Å². The minimum absolute atomic E-state index is 0.158. The number of hydrogen-bond donors (Lipinski definition) is 0. The lowest BCUT2D eigenvalue weighted by Crippen LogP contribution is -2.55. The van der Waals surface area contributed by atoms with Crippen LogP contribution in [0.1, 0.15) is 45.5 Å². The van der Waals surface area contributed by atoms with Gasteiger partial charge in [-0.2, -0.15) is 0 Å². The van der Waals surface area contributed by atoms with Crippen LogP contribution in [0.3, 0.4) is 0 Å². The second kappa shape index (κ2) is 7.23. The molecule has 1 fully saturated rings. The summed E-state index contributed by atoms with van der Waals surface area (Å²) in [5, 5.41) is 0. The minimum atomic E-state index is -0.602. The van der Waals surface area contributed by atoms with Crippen LogP contribution >= 0.6 is 0 Å².